The highest BCUT2D eigenvalue weighted by Crippen LogP contribution is 2.07. The van der Waals surface area contributed by atoms with E-state index in [1.165, 1.54) is 19.3 Å². The molecule has 0 bridgehead atoms. The van der Waals surface area contributed by atoms with Crippen LogP contribution in [0.2, 0.25) is 0 Å². The van der Waals surface area contributed by atoms with Crippen molar-refractivity contribution in [3.05, 3.63) is 0 Å². The first kappa shape index (κ1) is 18.9. The summed E-state index contributed by atoms with van der Waals surface area (Å²) >= 11 is 0. The van der Waals surface area contributed by atoms with Crippen molar-refractivity contribution in [1.29, 1.82) is 0 Å². The Morgan fingerprint density at radius 1 is 0.850 bits per heavy atom. The molecule has 0 saturated carbocycles. The fraction of sp³-hybridized carbons (Fsp3) is 0.875. The molecule has 0 radical (unpaired) electrons. The van der Waals surface area contributed by atoms with Gasteiger partial charge in [-0.2, -0.15) is 0 Å². The van der Waals surface area contributed by atoms with Crippen LogP contribution in [0.25, 0.3) is 0 Å². The van der Waals surface area contributed by atoms with E-state index < -0.39 is 0 Å². The van der Waals surface area contributed by atoms with E-state index in [4.69, 9.17) is 4.74 Å². The van der Waals surface area contributed by atoms with E-state index in [0.29, 0.717) is 26.1 Å². The van der Waals surface area contributed by atoms with Gasteiger partial charge in [0.15, 0.2) is 0 Å². The van der Waals surface area contributed by atoms with Crippen molar-refractivity contribution in [3.63, 3.8) is 0 Å². The lowest BCUT2D eigenvalue weighted by atomic mass is 10.1. The number of hydrogen-bond acceptors (Lipinski definition) is 4. The van der Waals surface area contributed by atoms with E-state index in [2.05, 4.69) is 11.7 Å². The molecule has 0 aromatic heterocycles. The molecule has 0 aliphatic carbocycles. The van der Waals surface area contributed by atoms with Gasteiger partial charge in [-0.15, -0.1) is 0 Å². The van der Waals surface area contributed by atoms with Gasteiger partial charge in [-0.3, -0.25) is 9.59 Å². The number of unbranched alkanes of at least 4 members (excludes halogenated alkanes) is 8. The maximum Gasteiger partial charge on any atom is 0.305 e. The van der Waals surface area contributed by atoms with Crippen LogP contribution in [0.3, 0.4) is 0 Å². The van der Waals surface area contributed by atoms with Gasteiger partial charge in [0.2, 0.25) is 0 Å². The molecule has 0 spiro atoms. The summed E-state index contributed by atoms with van der Waals surface area (Å²) in [6.45, 7) is 3.75. The van der Waals surface area contributed by atoms with Crippen molar-refractivity contribution in [2.45, 2.75) is 77.6 Å². The third-order valence-corrected chi connectivity index (χ3v) is 3.22. The Kier molecular flexibility index (Phi) is 15.1. The number of hydrogen-bond donors (Lipinski definition) is 0. The minimum Gasteiger partial charge on any atom is -0.468 e. The van der Waals surface area contributed by atoms with Crippen LogP contribution >= 0.6 is 0 Å². The quantitative estimate of drug-likeness (QED) is 0.259. The van der Waals surface area contributed by atoms with E-state index in [9.17, 15) is 9.59 Å². The van der Waals surface area contributed by atoms with Gasteiger partial charge in [0.25, 0.3) is 6.47 Å². The Morgan fingerprint density at radius 2 is 1.45 bits per heavy atom. The average Bonchev–Trinajstić information content (AvgIpc) is 2.45. The SMILES string of the molecule is CCCCCCCOC(=O)CCCCCCCOC=O. The van der Waals surface area contributed by atoms with Crippen molar-refractivity contribution < 1.29 is 19.1 Å². The molecule has 0 aliphatic rings. The zero-order valence-electron chi connectivity index (χ0n) is 12.9. The molecule has 0 aromatic carbocycles. The van der Waals surface area contributed by atoms with Gasteiger partial charge < -0.3 is 9.47 Å². The van der Waals surface area contributed by atoms with Gasteiger partial charge >= 0.3 is 5.97 Å². The fourth-order valence-electron chi connectivity index (χ4n) is 2.00. The average molecular weight is 286 g/mol. The van der Waals surface area contributed by atoms with E-state index in [1.54, 1.807) is 0 Å². The fourth-order valence-corrected chi connectivity index (χ4v) is 2.00. The second-order valence-electron chi connectivity index (χ2n) is 5.12. The standard InChI is InChI=1S/C16H30O4/c1-2-3-4-7-11-14-20-16(18)12-9-6-5-8-10-13-19-15-17/h15H,2-14H2,1H3. The van der Waals surface area contributed by atoms with Crippen LogP contribution in [0, 0.1) is 0 Å². The Bertz CT molecular complexity index is 229. The first-order valence-corrected chi connectivity index (χ1v) is 8.02. The number of esters is 1. The molecule has 20 heavy (non-hydrogen) atoms. The summed E-state index contributed by atoms with van der Waals surface area (Å²) in [6.07, 6.45) is 11.4. The van der Waals surface area contributed by atoms with E-state index in [0.717, 1.165) is 44.9 Å². The molecule has 0 aliphatic heterocycles. The third-order valence-electron chi connectivity index (χ3n) is 3.22. The molecule has 4 nitrogen and oxygen atoms in total. The van der Waals surface area contributed by atoms with Gasteiger partial charge in [0, 0.05) is 6.42 Å². The van der Waals surface area contributed by atoms with Crippen LogP contribution in [-0.4, -0.2) is 25.7 Å². The number of carbonyl (C=O) groups is 2. The first-order chi connectivity index (χ1) is 9.81. The van der Waals surface area contributed by atoms with Crippen molar-refractivity contribution >= 4 is 12.4 Å². The van der Waals surface area contributed by atoms with E-state index in [-0.39, 0.29) is 5.97 Å². The van der Waals surface area contributed by atoms with Gasteiger partial charge in [-0.05, 0) is 19.3 Å². The molecule has 0 rings (SSSR count). The maximum atomic E-state index is 11.4. The second kappa shape index (κ2) is 16.0. The van der Waals surface area contributed by atoms with Gasteiger partial charge in [0.1, 0.15) is 0 Å². The van der Waals surface area contributed by atoms with Gasteiger partial charge in [-0.25, -0.2) is 0 Å². The van der Waals surface area contributed by atoms with Crippen LogP contribution in [0.15, 0.2) is 0 Å². The van der Waals surface area contributed by atoms with Crippen LogP contribution in [0.1, 0.15) is 77.6 Å². The third kappa shape index (κ3) is 15.0. The van der Waals surface area contributed by atoms with Crippen molar-refractivity contribution in [2.75, 3.05) is 13.2 Å². The highest BCUT2D eigenvalue weighted by molar-refractivity contribution is 5.69. The zero-order valence-corrected chi connectivity index (χ0v) is 12.9. The summed E-state index contributed by atoms with van der Waals surface area (Å²) in [4.78, 5) is 21.3. The Labute approximate surface area is 123 Å². The molecular formula is C16H30O4. The topological polar surface area (TPSA) is 52.6 Å². The molecular weight excluding hydrogens is 256 g/mol. The molecule has 0 atom stereocenters. The smallest absolute Gasteiger partial charge is 0.305 e. The molecule has 0 aromatic rings. The minimum atomic E-state index is -0.0650. The molecule has 0 heterocycles. The second-order valence-corrected chi connectivity index (χ2v) is 5.12. The van der Waals surface area contributed by atoms with Crippen LogP contribution in [0.4, 0.5) is 0 Å². The lowest BCUT2D eigenvalue weighted by molar-refractivity contribution is -0.144. The van der Waals surface area contributed by atoms with Crippen molar-refractivity contribution in [3.8, 4) is 0 Å². The largest absolute Gasteiger partial charge is 0.468 e. The number of rotatable bonds is 15. The normalized spacial score (nSPS) is 10.2. The molecule has 0 fully saturated rings. The summed E-state index contributed by atoms with van der Waals surface area (Å²) in [5.74, 6) is -0.0650. The number of ether oxygens (including phenoxy) is 2. The van der Waals surface area contributed by atoms with Crippen LogP contribution in [0.5, 0.6) is 0 Å². The summed E-state index contributed by atoms with van der Waals surface area (Å²) in [5, 5.41) is 0. The summed E-state index contributed by atoms with van der Waals surface area (Å²) in [7, 11) is 0. The monoisotopic (exact) mass is 286 g/mol. The highest BCUT2D eigenvalue weighted by Gasteiger charge is 2.02. The molecule has 0 N–H and O–H groups in total. The summed E-state index contributed by atoms with van der Waals surface area (Å²) in [6, 6.07) is 0. The molecule has 0 saturated heterocycles. The minimum absolute atomic E-state index is 0.0650. The number of carbonyl (C=O) groups excluding carboxylic acids is 2. The molecule has 0 amide bonds. The molecule has 4 heteroatoms. The maximum absolute atomic E-state index is 11.4. The first-order valence-electron chi connectivity index (χ1n) is 8.02. The highest BCUT2D eigenvalue weighted by atomic mass is 16.5. The molecule has 0 unspecified atom stereocenters. The summed E-state index contributed by atoms with van der Waals surface area (Å²) in [5.41, 5.74) is 0. The van der Waals surface area contributed by atoms with Gasteiger partial charge in [-0.1, -0.05) is 51.9 Å². The zero-order chi connectivity index (χ0) is 14.9. The Balaban J connectivity index is 3.14. The van der Waals surface area contributed by atoms with Crippen molar-refractivity contribution in [1.82, 2.24) is 0 Å². The van der Waals surface area contributed by atoms with Crippen LogP contribution in [-0.2, 0) is 19.1 Å². The Hall–Kier alpha value is -1.06. The molecule has 118 valence electrons. The van der Waals surface area contributed by atoms with Crippen molar-refractivity contribution in [2.24, 2.45) is 0 Å². The lowest BCUT2D eigenvalue weighted by Gasteiger charge is -2.05. The Morgan fingerprint density at radius 3 is 2.15 bits per heavy atom. The van der Waals surface area contributed by atoms with Gasteiger partial charge in [0.05, 0.1) is 13.2 Å². The van der Waals surface area contributed by atoms with E-state index in [1.807, 2.05) is 0 Å². The lowest BCUT2D eigenvalue weighted by Crippen LogP contribution is -2.05. The predicted molar refractivity (Wildman–Crippen MR) is 79.4 cm³/mol. The van der Waals surface area contributed by atoms with E-state index >= 15 is 0 Å². The summed E-state index contributed by atoms with van der Waals surface area (Å²) < 4.78 is 9.79. The van der Waals surface area contributed by atoms with Crippen LogP contribution < -0.4 is 0 Å². The predicted octanol–water partition coefficient (Wildman–Crippen LogP) is 4.01.